The van der Waals surface area contributed by atoms with Gasteiger partial charge in [-0.05, 0) is 24.8 Å². The monoisotopic (exact) mass is 245 g/mol. The molecule has 18 heavy (non-hydrogen) atoms. The van der Waals surface area contributed by atoms with Crippen molar-refractivity contribution in [1.29, 1.82) is 0 Å². The minimum Gasteiger partial charge on any atom is -0.458 e. The SMILES string of the molecule is O=C(/C=C1/CCCCCN1)OCc1ccccc1. The van der Waals surface area contributed by atoms with Gasteiger partial charge in [0, 0.05) is 18.3 Å². The second kappa shape index (κ2) is 6.84. The molecule has 96 valence electrons. The summed E-state index contributed by atoms with van der Waals surface area (Å²) in [4.78, 5) is 11.7. The lowest BCUT2D eigenvalue weighted by molar-refractivity contribution is -0.139. The van der Waals surface area contributed by atoms with Crippen molar-refractivity contribution in [2.75, 3.05) is 6.54 Å². The molecule has 0 bridgehead atoms. The number of esters is 1. The van der Waals surface area contributed by atoms with E-state index in [9.17, 15) is 4.79 Å². The van der Waals surface area contributed by atoms with Gasteiger partial charge in [-0.3, -0.25) is 0 Å². The predicted octanol–water partition coefficient (Wildman–Crippen LogP) is 2.78. The van der Waals surface area contributed by atoms with Crippen LogP contribution in [0.2, 0.25) is 0 Å². The van der Waals surface area contributed by atoms with E-state index in [1.54, 1.807) is 6.08 Å². The van der Waals surface area contributed by atoms with Crippen molar-refractivity contribution in [2.24, 2.45) is 0 Å². The number of hydrogen-bond donors (Lipinski definition) is 1. The highest BCUT2D eigenvalue weighted by atomic mass is 16.5. The van der Waals surface area contributed by atoms with Crippen LogP contribution in [0.25, 0.3) is 0 Å². The Kier molecular flexibility index (Phi) is 4.82. The van der Waals surface area contributed by atoms with Crippen LogP contribution in [0.4, 0.5) is 0 Å². The van der Waals surface area contributed by atoms with Crippen molar-refractivity contribution in [3.05, 3.63) is 47.7 Å². The van der Waals surface area contributed by atoms with Gasteiger partial charge in [0.05, 0.1) is 0 Å². The molecule has 1 aliphatic rings. The smallest absolute Gasteiger partial charge is 0.332 e. The highest BCUT2D eigenvalue weighted by Gasteiger charge is 2.06. The highest BCUT2D eigenvalue weighted by molar-refractivity contribution is 5.82. The van der Waals surface area contributed by atoms with E-state index < -0.39 is 0 Å². The fourth-order valence-corrected chi connectivity index (χ4v) is 1.99. The van der Waals surface area contributed by atoms with Crippen LogP contribution in [0.3, 0.4) is 0 Å². The number of rotatable bonds is 3. The molecule has 1 N–H and O–H groups in total. The zero-order valence-electron chi connectivity index (χ0n) is 10.5. The highest BCUT2D eigenvalue weighted by Crippen LogP contribution is 2.11. The first-order valence-electron chi connectivity index (χ1n) is 6.50. The van der Waals surface area contributed by atoms with Gasteiger partial charge in [0.25, 0.3) is 0 Å². The Morgan fingerprint density at radius 3 is 2.89 bits per heavy atom. The van der Waals surface area contributed by atoms with Crippen LogP contribution in [0, 0.1) is 0 Å². The summed E-state index contributed by atoms with van der Waals surface area (Å²) in [5.41, 5.74) is 2.02. The number of ether oxygens (including phenoxy) is 1. The second-order valence-electron chi connectivity index (χ2n) is 4.50. The zero-order valence-corrected chi connectivity index (χ0v) is 10.5. The van der Waals surface area contributed by atoms with E-state index >= 15 is 0 Å². The minimum atomic E-state index is -0.261. The summed E-state index contributed by atoms with van der Waals surface area (Å²) in [6.45, 7) is 1.29. The molecule has 3 nitrogen and oxygen atoms in total. The first-order chi connectivity index (χ1) is 8.84. The van der Waals surface area contributed by atoms with Gasteiger partial charge in [-0.25, -0.2) is 4.79 Å². The lowest BCUT2D eigenvalue weighted by Crippen LogP contribution is -2.14. The molecule has 1 aromatic rings. The van der Waals surface area contributed by atoms with Crippen LogP contribution < -0.4 is 5.32 Å². The summed E-state index contributed by atoms with van der Waals surface area (Å²) >= 11 is 0. The van der Waals surface area contributed by atoms with Gasteiger partial charge in [-0.15, -0.1) is 0 Å². The van der Waals surface area contributed by atoms with Crippen molar-refractivity contribution in [1.82, 2.24) is 5.32 Å². The van der Waals surface area contributed by atoms with Gasteiger partial charge in [-0.1, -0.05) is 36.8 Å². The molecule has 1 fully saturated rings. The Labute approximate surface area is 108 Å². The Hall–Kier alpha value is -1.77. The molecule has 0 aliphatic carbocycles. The van der Waals surface area contributed by atoms with Crippen LogP contribution >= 0.6 is 0 Å². The average molecular weight is 245 g/mol. The maximum atomic E-state index is 11.7. The van der Waals surface area contributed by atoms with Gasteiger partial charge >= 0.3 is 5.97 Å². The molecular weight excluding hydrogens is 226 g/mol. The number of carbonyl (C=O) groups is 1. The molecule has 0 spiro atoms. The van der Waals surface area contributed by atoms with E-state index in [0.29, 0.717) is 6.61 Å². The number of benzene rings is 1. The topological polar surface area (TPSA) is 38.3 Å². The molecule has 0 unspecified atom stereocenters. The van der Waals surface area contributed by atoms with Crippen LogP contribution in [-0.4, -0.2) is 12.5 Å². The summed E-state index contributed by atoms with van der Waals surface area (Å²) in [7, 11) is 0. The molecule has 0 aromatic heterocycles. The maximum Gasteiger partial charge on any atom is 0.332 e. The van der Waals surface area contributed by atoms with Crippen molar-refractivity contribution in [2.45, 2.75) is 32.3 Å². The van der Waals surface area contributed by atoms with Gasteiger partial charge in [0.2, 0.25) is 0 Å². The first kappa shape index (κ1) is 12.7. The molecule has 0 amide bonds. The normalized spacial score (nSPS) is 17.9. The summed E-state index contributed by atoms with van der Waals surface area (Å²) < 4.78 is 5.22. The molecule has 1 heterocycles. The van der Waals surface area contributed by atoms with Crippen molar-refractivity contribution >= 4 is 5.97 Å². The third-order valence-electron chi connectivity index (χ3n) is 2.99. The van der Waals surface area contributed by atoms with Crippen LogP contribution in [0.5, 0.6) is 0 Å². The lowest BCUT2D eigenvalue weighted by Gasteiger charge is -2.06. The third-order valence-corrected chi connectivity index (χ3v) is 2.99. The van der Waals surface area contributed by atoms with Gasteiger partial charge in [0.15, 0.2) is 0 Å². The number of carbonyl (C=O) groups excluding carboxylic acids is 1. The van der Waals surface area contributed by atoms with E-state index in [0.717, 1.165) is 30.6 Å². The fourth-order valence-electron chi connectivity index (χ4n) is 1.99. The zero-order chi connectivity index (χ0) is 12.6. The molecule has 0 radical (unpaired) electrons. The Morgan fingerprint density at radius 1 is 1.22 bits per heavy atom. The van der Waals surface area contributed by atoms with E-state index in [2.05, 4.69) is 5.32 Å². The Bertz CT molecular complexity index is 402. The summed E-state index contributed by atoms with van der Waals surface area (Å²) in [6.07, 6.45) is 6.08. The van der Waals surface area contributed by atoms with E-state index in [4.69, 9.17) is 4.74 Å². The molecule has 2 rings (SSSR count). The van der Waals surface area contributed by atoms with Gasteiger partial charge < -0.3 is 10.1 Å². The van der Waals surface area contributed by atoms with Crippen LogP contribution in [0.1, 0.15) is 31.2 Å². The van der Waals surface area contributed by atoms with Gasteiger partial charge in [0.1, 0.15) is 6.61 Å². The van der Waals surface area contributed by atoms with Crippen molar-refractivity contribution in [3.63, 3.8) is 0 Å². The molecule has 0 atom stereocenters. The standard InChI is InChI=1S/C15H19NO2/c17-15(11-14-9-5-2-6-10-16-14)18-12-13-7-3-1-4-8-13/h1,3-4,7-8,11,16H,2,5-6,9-10,12H2/b14-11-. The Morgan fingerprint density at radius 2 is 2.06 bits per heavy atom. The molecule has 1 saturated heterocycles. The second-order valence-corrected chi connectivity index (χ2v) is 4.50. The molecular formula is C15H19NO2. The molecule has 1 aliphatic heterocycles. The molecule has 3 heteroatoms. The Balaban J connectivity index is 1.82. The van der Waals surface area contributed by atoms with Gasteiger partial charge in [-0.2, -0.15) is 0 Å². The van der Waals surface area contributed by atoms with E-state index in [1.165, 1.54) is 12.8 Å². The first-order valence-corrected chi connectivity index (χ1v) is 6.50. The van der Waals surface area contributed by atoms with Crippen LogP contribution in [-0.2, 0) is 16.1 Å². The predicted molar refractivity (Wildman–Crippen MR) is 70.8 cm³/mol. The largest absolute Gasteiger partial charge is 0.458 e. The van der Waals surface area contributed by atoms with Crippen molar-refractivity contribution < 1.29 is 9.53 Å². The van der Waals surface area contributed by atoms with Crippen LogP contribution in [0.15, 0.2) is 42.1 Å². The molecule has 1 aromatic carbocycles. The lowest BCUT2D eigenvalue weighted by atomic mass is 10.2. The maximum absolute atomic E-state index is 11.7. The minimum absolute atomic E-state index is 0.261. The average Bonchev–Trinajstić information content (AvgIpc) is 2.66. The number of nitrogens with one attached hydrogen (secondary N) is 1. The van der Waals surface area contributed by atoms with E-state index in [-0.39, 0.29) is 5.97 Å². The summed E-state index contributed by atoms with van der Waals surface area (Å²) in [5, 5.41) is 3.27. The summed E-state index contributed by atoms with van der Waals surface area (Å²) in [6, 6.07) is 9.72. The van der Waals surface area contributed by atoms with Crippen molar-refractivity contribution in [3.8, 4) is 0 Å². The quantitative estimate of drug-likeness (QED) is 0.657. The molecule has 0 saturated carbocycles. The van der Waals surface area contributed by atoms with E-state index in [1.807, 2.05) is 30.3 Å². The summed E-state index contributed by atoms with van der Waals surface area (Å²) in [5.74, 6) is -0.261. The third kappa shape index (κ3) is 4.24. The fraction of sp³-hybridized carbons (Fsp3) is 0.400. The number of allylic oxidation sites excluding steroid dienone is 1. The number of hydrogen-bond acceptors (Lipinski definition) is 3.